The highest BCUT2D eigenvalue weighted by Crippen LogP contribution is 2.48. The van der Waals surface area contributed by atoms with Crippen LogP contribution in [-0.2, 0) is 0 Å². The Hall–Kier alpha value is -3.14. The summed E-state index contributed by atoms with van der Waals surface area (Å²) in [5.74, 6) is 0. The molecule has 0 N–H and O–H groups in total. The van der Waals surface area contributed by atoms with Crippen LogP contribution >= 0.6 is 11.3 Å². The molecular weight excluding hydrogens is 314 g/mol. The second-order valence-electron chi connectivity index (χ2n) is 4.34. The fourth-order valence-corrected chi connectivity index (χ4v) is 3.48. The van der Waals surface area contributed by atoms with Crippen LogP contribution in [0.4, 0.5) is 17.1 Å². The van der Waals surface area contributed by atoms with Crippen LogP contribution < -0.4 is 0 Å². The fraction of sp³-hybridized carbons (Fsp3) is 0. The van der Waals surface area contributed by atoms with Gasteiger partial charge in [-0.15, -0.1) is 11.3 Å². The van der Waals surface area contributed by atoms with Crippen LogP contribution in [0.3, 0.4) is 0 Å². The van der Waals surface area contributed by atoms with Crippen LogP contribution in [0, 0.1) is 30.3 Å². The van der Waals surface area contributed by atoms with E-state index in [2.05, 4.69) is 0 Å². The van der Waals surface area contributed by atoms with E-state index in [-0.39, 0.29) is 10.1 Å². The van der Waals surface area contributed by atoms with Gasteiger partial charge in [0.1, 0.15) is 0 Å². The molecule has 0 amide bonds. The summed E-state index contributed by atoms with van der Waals surface area (Å²) in [5, 5.41) is 34.1. The SMILES string of the molecule is O=[N+]([O-])c1cc2sc3ccccc3c2c([N+](=O)[O-])c1[N+](=O)[O-]. The van der Waals surface area contributed by atoms with E-state index in [0.29, 0.717) is 10.1 Å². The predicted octanol–water partition coefficient (Wildman–Crippen LogP) is 3.78. The summed E-state index contributed by atoms with van der Waals surface area (Å²) < 4.78 is 0.931. The van der Waals surface area contributed by atoms with Gasteiger partial charge in [-0.05, 0) is 6.07 Å². The molecule has 0 aliphatic rings. The van der Waals surface area contributed by atoms with E-state index in [1.807, 2.05) is 0 Å². The first-order chi connectivity index (χ1) is 10.4. The van der Waals surface area contributed by atoms with Crippen molar-refractivity contribution in [3.8, 4) is 0 Å². The molecule has 3 rings (SSSR count). The Balaban J connectivity index is 2.64. The second kappa shape index (κ2) is 4.70. The molecule has 0 saturated carbocycles. The predicted molar refractivity (Wildman–Crippen MR) is 79.3 cm³/mol. The molecule has 110 valence electrons. The molecule has 0 spiro atoms. The third-order valence-electron chi connectivity index (χ3n) is 3.16. The van der Waals surface area contributed by atoms with E-state index in [9.17, 15) is 30.3 Å². The fourth-order valence-electron chi connectivity index (χ4n) is 2.34. The van der Waals surface area contributed by atoms with E-state index in [0.717, 1.165) is 17.4 Å². The van der Waals surface area contributed by atoms with E-state index >= 15 is 0 Å². The molecule has 9 nitrogen and oxygen atoms in total. The van der Waals surface area contributed by atoms with Crippen molar-refractivity contribution >= 4 is 48.6 Å². The van der Waals surface area contributed by atoms with Gasteiger partial charge in [0, 0.05) is 20.9 Å². The van der Waals surface area contributed by atoms with Crippen LogP contribution in [0.15, 0.2) is 30.3 Å². The van der Waals surface area contributed by atoms with Gasteiger partial charge in [0.15, 0.2) is 0 Å². The van der Waals surface area contributed by atoms with Crippen molar-refractivity contribution in [2.45, 2.75) is 0 Å². The van der Waals surface area contributed by atoms with Gasteiger partial charge >= 0.3 is 17.1 Å². The van der Waals surface area contributed by atoms with Crippen molar-refractivity contribution in [3.63, 3.8) is 0 Å². The average Bonchev–Trinajstić information content (AvgIpc) is 2.82. The van der Waals surface area contributed by atoms with E-state index in [1.54, 1.807) is 24.3 Å². The Bertz CT molecular complexity index is 980. The minimum absolute atomic E-state index is 0.0582. The average molecular weight is 319 g/mol. The van der Waals surface area contributed by atoms with Gasteiger partial charge in [0.25, 0.3) is 0 Å². The number of thiophene rings is 1. The number of benzene rings is 2. The molecule has 0 radical (unpaired) electrons. The lowest BCUT2D eigenvalue weighted by molar-refractivity contribution is -0.440. The third kappa shape index (κ3) is 1.85. The molecule has 0 atom stereocenters. The topological polar surface area (TPSA) is 129 Å². The summed E-state index contributed by atoms with van der Waals surface area (Å²) in [6.07, 6.45) is 0. The number of hydrogen-bond donors (Lipinski definition) is 0. The van der Waals surface area contributed by atoms with Gasteiger partial charge in [-0.25, -0.2) is 0 Å². The number of fused-ring (bicyclic) bond motifs is 3. The zero-order valence-electron chi connectivity index (χ0n) is 10.6. The van der Waals surface area contributed by atoms with E-state index in [4.69, 9.17) is 0 Å². The first kappa shape index (κ1) is 13.8. The van der Waals surface area contributed by atoms with Crippen LogP contribution in [0.5, 0.6) is 0 Å². The number of nitro benzene ring substituents is 3. The lowest BCUT2D eigenvalue weighted by Gasteiger charge is -1.99. The lowest BCUT2D eigenvalue weighted by atomic mass is 10.1. The van der Waals surface area contributed by atoms with Crippen molar-refractivity contribution in [1.82, 2.24) is 0 Å². The minimum Gasteiger partial charge on any atom is -0.258 e. The summed E-state index contributed by atoms with van der Waals surface area (Å²) in [4.78, 5) is 30.5. The third-order valence-corrected chi connectivity index (χ3v) is 4.27. The molecule has 0 bridgehead atoms. The van der Waals surface area contributed by atoms with Crippen LogP contribution in [-0.4, -0.2) is 14.8 Å². The summed E-state index contributed by atoms with van der Waals surface area (Å²) in [7, 11) is 0. The smallest absolute Gasteiger partial charge is 0.258 e. The maximum atomic E-state index is 11.3. The number of nitro groups is 3. The van der Waals surface area contributed by atoms with Crippen LogP contribution in [0.1, 0.15) is 0 Å². The van der Waals surface area contributed by atoms with E-state index < -0.39 is 31.8 Å². The van der Waals surface area contributed by atoms with Gasteiger partial charge < -0.3 is 0 Å². The number of hydrogen-bond acceptors (Lipinski definition) is 7. The maximum Gasteiger partial charge on any atom is 0.423 e. The van der Waals surface area contributed by atoms with Crippen molar-refractivity contribution in [1.29, 1.82) is 0 Å². The van der Waals surface area contributed by atoms with Crippen molar-refractivity contribution < 1.29 is 14.8 Å². The van der Waals surface area contributed by atoms with Crippen LogP contribution in [0.25, 0.3) is 20.2 Å². The normalized spacial score (nSPS) is 10.9. The lowest BCUT2D eigenvalue weighted by Crippen LogP contribution is -2.01. The molecule has 0 aliphatic heterocycles. The molecule has 1 aromatic heterocycles. The Morgan fingerprint density at radius 2 is 1.45 bits per heavy atom. The molecule has 10 heteroatoms. The molecular formula is C12H5N3O6S. The summed E-state index contributed by atoms with van der Waals surface area (Å²) in [6.45, 7) is 0. The zero-order valence-corrected chi connectivity index (χ0v) is 11.4. The first-order valence-corrected chi connectivity index (χ1v) is 6.65. The standard InChI is InChI=1S/C12H5N3O6S/c16-13(17)7-5-9-10(6-3-1-2-4-8(6)22-9)12(15(20)21)11(7)14(18)19/h1-5H. The van der Waals surface area contributed by atoms with Gasteiger partial charge in [-0.1, -0.05) is 18.2 Å². The van der Waals surface area contributed by atoms with E-state index in [1.165, 1.54) is 0 Å². The Morgan fingerprint density at radius 3 is 2.05 bits per heavy atom. The summed E-state index contributed by atoms with van der Waals surface area (Å²) >= 11 is 1.11. The van der Waals surface area contributed by atoms with Crippen LogP contribution in [0.2, 0.25) is 0 Å². The number of rotatable bonds is 3. The van der Waals surface area contributed by atoms with Gasteiger partial charge in [0.2, 0.25) is 0 Å². The Labute approximate surface area is 124 Å². The van der Waals surface area contributed by atoms with Gasteiger partial charge in [-0.2, -0.15) is 0 Å². The van der Waals surface area contributed by atoms with Gasteiger partial charge in [0.05, 0.1) is 20.2 Å². The molecule has 1 heterocycles. The zero-order chi connectivity index (χ0) is 16.0. The highest BCUT2D eigenvalue weighted by atomic mass is 32.1. The summed E-state index contributed by atoms with van der Waals surface area (Å²) in [6, 6.07) is 7.67. The largest absolute Gasteiger partial charge is 0.423 e. The molecule has 0 aliphatic carbocycles. The van der Waals surface area contributed by atoms with Gasteiger partial charge in [-0.3, -0.25) is 30.3 Å². The summed E-state index contributed by atoms with van der Waals surface area (Å²) in [5.41, 5.74) is -2.81. The highest BCUT2D eigenvalue weighted by Gasteiger charge is 2.39. The molecule has 3 aromatic rings. The second-order valence-corrected chi connectivity index (χ2v) is 5.42. The van der Waals surface area contributed by atoms with Crippen molar-refractivity contribution in [3.05, 3.63) is 60.7 Å². The van der Waals surface area contributed by atoms with Crippen molar-refractivity contribution in [2.24, 2.45) is 0 Å². The quantitative estimate of drug-likeness (QED) is 0.533. The number of nitrogens with zero attached hydrogens (tertiary/aromatic N) is 3. The molecule has 2 aromatic carbocycles. The monoisotopic (exact) mass is 319 g/mol. The maximum absolute atomic E-state index is 11.3. The van der Waals surface area contributed by atoms with Crippen molar-refractivity contribution in [2.75, 3.05) is 0 Å². The molecule has 0 saturated heterocycles. The minimum atomic E-state index is -1.09. The molecule has 0 unspecified atom stereocenters. The first-order valence-electron chi connectivity index (χ1n) is 5.83. The molecule has 0 fully saturated rings. The Morgan fingerprint density at radius 1 is 0.818 bits per heavy atom. The Kier molecular flexibility index (Phi) is 2.95. The molecule has 22 heavy (non-hydrogen) atoms. The highest BCUT2D eigenvalue weighted by molar-refractivity contribution is 7.26.